The Morgan fingerprint density at radius 3 is 2.67 bits per heavy atom. The first kappa shape index (κ1) is 18.1. The molecular formula is C17H23NO6. The molecule has 1 aliphatic heterocycles. The number of benzene rings is 1. The summed E-state index contributed by atoms with van der Waals surface area (Å²) < 4.78 is 15.7. The number of carboxylic acid groups (broad SMARTS) is 1. The van der Waals surface area contributed by atoms with E-state index >= 15 is 0 Å². The summed E-state index contributed by atoms with van der Waals surface area (Å²) in [5.74, 6) is 0.148. The topological polar surface area (TPSA) is 85.3 Å². The molecule has 1 fully saturated rings. The Kier molecular flexibility index (Phi) is 5.66. The van der Waals surface area contributed by atoms with Crippen molar-refractivity contribution in [2.45, 2.75) is 13.3 Å². The number of aryl methyl sites for hydroxylation is 1. The average Bonchev–Trinajstić information content (AvgIpc) is 2.99. The molecule has 1 aliphatic rings. The molecule has 1 aromatic rings. The molecule has 24 heavy (non-hydrogen) atoms. The van der Waals surface area contributed by atoms with E-state index in [-0.39, 0.29) is 25.7 Å². The summed E-state index contributed by atoms with van der Waals surface area (Å²) in [5.41, 5.74) is -0.116. The smallest absolute Gasteiger partial charge is 0.313 e. The van der Waals surface area contributed by atoms with Crippen molar-refractivity contribution in [3.05, 3.63) is 23.8 Å². The lowest BCUT2D eigenvalue weighted by atomic mass is 9.88. The minimum absolute atomic E-state index is 0.0879. The van der Waals surface area contributed by atoms with Gasteiger partial charge in [0.25, 0.3) is 5.91 Å². The average molecular weight is 337 g/mol. The van der Waals surface area contributed by atoms with Crippen molar-refractivity contribution in [1.29, 1.82) is 0 Å². The van der Waals surface area contributed by atoms with Crippen molar-refractivity contribution in [3.8, 4) is 11.5 Å². The lowest BCUT2D eigenvalue weighted by Crippen LogP contribution is -2.41. The fraction of sp³-hybridized carbons (Fsp3) is 0.529. The highest BCUT2D eigenvalue weighted by Gasteiger charge is 2.46. The Bertz CT molecular complexity index is 617. The maximum absolute atomic E-state index is 12.3. The zero-order valence-corrected chi connectivity index (χ0v) is 14.2. The molecule has 1 atom stereocenters. The molecule has 1 saturated heterocycles. The largest absolute Gasteiger partial charge is 0.496 e. The number of hydrogen-bond acceptors (Lipinski definition) is 5. The quantitative estimate of drug-likeness (QED) is 0.808. The summed E-state index contributed by atoms with van der Waals surface area (Å²) in [6, 6.07) is 5.30. The Morgan fingerprint density at radius 2 is 2.08 bits per heavy atom. The van der Waals surface area contributed by atoms with Gasteiger partial charge in [-0.2, -0.15) is 0 Å². The van der Waals surface area contributed by atoms with E-state index < -0.39 is 11.4 Å². The third-order valence-electron chi connectivity index (χ3n) is 4.31. The Labute approximate surface area is 141 Å². The first-order valence-electron chi connectivity index (χ1n) is 7.69. The van der Waals surface area contributed by atoms with E-state index in [2.05, 4.69) is 0 Å². The normalized spacial score (nSPS) is 20.0. The number of ether oxygens (including phenoxy) is 3. The molecule has 0 aliphatic carbocycles. The van der Waals surface area contributed by atoms with Gasteiger partial charge in [-0.3, -0.25) is 9.59 Å². The highest BCUT2D eigenvalue weighted by atomic mass is 16.5. The van der Waals surface area contributed by atoms with Crippen molar-refractivity contribution in [2.75, 3.05) is 40.5 Å². The second kappa shape index (κ2) is 7.53. The molecule has 0 saturated carbocycles. The van der Waals surface area contributed by atoms with Crippen LogP contribution in [0.4, 0.5) is 0 Å². The molecule has 0 spiro atoms. The van der Waals surface area contributed by atoms with Gasteiger partial charge in [0, 0.05) is 20.2 Å². The van der Waals surface area contributed by atoms with Crippen molar-refractivity contribution in [3.63, 3.8) is 0 Å². The molecule has 132 valence electrons. The molecule has 7 nitrogen and oxygen atoms in total. The van der Waals surface area contributed by atoms with Crippen LogP contribution in [-0.4, -0.2) is 62.4 Å². The molecule has 1 unspecified atom stereocenters. The number of rotatable bonds is 7. The first-order valence-corrected chi connectivity index (χ1v) is 7.69. The van der Waals surface area contributed by atoms with Crippen molar-refractivity contribution in [1.82, 2.24) is 4.90 Å². The van der Waals surface area contributed by atoms with Crippen molar-refractivity contribution >= 4 is 11.9 Å². The van der Waals surface area contributed by atoms with Gasteiger partial charge in [-0.05, 0) is 37.1 Å². The minimum Gasteiger partial charge on any atom is -0.496 e. The molecule has 2 rings (SSSR count). The molecule has 0 bridgehead atoms. The van der Waals surface area contributed by atoms with Gasteiger partial charge in [0.1, 0.15) is 16.9 Å². The maximum atomic E-state index is 12.3. The van der Waals surface area contributed by atoms with Gasteiger partial charge in [0.2, 0.25) is 0 Å². The van der Waals surface area contributed by atoms with E-state index in [0.717, 1.165) is 11.3 Å². The zero-order valence-electron chi connectivity index (χ0n) is 14.2. The zero-order chi connectivity index (χ0) is 17.7. The molecule has 7 heteroatoms. The van der Waals surface area contributed by atoms with Gasteiger partial charge in [0.15, 0.2) is 6.61 Å². The predicted molar refractivity (Wildman–Crippen MR) is 86.4 cm³/mol. The fourth-order valence-corrected chi connectivity index (χ4v) is 2.89. The van der Waals surface area contributed by atoms with Crippen LogP contribution in [0.1, 0.15) is 12.0 Å². The van der Waals surface area contributed by atoms with Gasteiger partial charge >= 0.3 is 5.97 Å². The van der Waals surface area contributed by atoms with E-state index in [0.29, 0.717) is 18.7 Å². The van der Waals surface area contributed by atoms with Gasteiger partial charge < -0.3 is 24.2 Å². The number of aliphatic carboxylic acids is 1. The summed E-state index contributed by atoms with van der Waals surface area (Å²) in [5, 5.41) is 9.42. The lowest BCUT2D eigenvalue weighted by Gasteiger charge is -2.23. The van der Waals surface area contributed by atoms with Crippen LogP contribution < -0.4 is 9.47 Å². The van der Waals surface area contributed by atoms with Gasteiger partial charge in [-0.25, -0.2) is 0 Å². The number of carboxylic acids is 1. The molecule has 0 aromatic heterocycles. The van der Waals surface area contributed by atoms with Crippen molar-refractivity contribution < 1.29 is 28.9 Å². The van der Waals surface area contributed by atoms with Crippen LogP contribution in [0.25, 0.3) is 0 Å². The van der Waals surface area contributed by atoms with E-state index in [1.807, 2.05) is 6.92 Å². The third kappa shape index (κ3) is 3.79. The Balaban J connectivity index is 1.94. The van der Waals surface area contributed by atoms with E-state index in [1.165, 1.54) is 12.0 Å². The number of hydrogen-bond donors (Lipinski definition) is 1. The van der Waals surface area contributed by atoms with Crippen LogP contribution in [0.15, 0.2) is 18.2 Å². The Hall–Kier alpha value is -2.28. The highest BCUT2D eigenvalue weighted by Crippen LogP contribution is 2.31. The molecule has 1 amide bonds. The molecule has 1 N–H and O–H groups in total. The summed E-state index contributed by atoms with van der Waals surface area (Å²) in [4.78, 5) is 25.3. The van der Waals surface area contributed by atoms with E-state index in [4.69, 9.17) is 14.2 Å². The standard InChI is InChI=1S/C17H23NO6/c1-12-8-13(4-5-14(12)23-3)24-9-15(19)18-7-6-17(10-18,11-22-2)16(20)21/h4-5,8H,6-7,9-11H2,1-3H3,(H,20,21). The van der Waals surface area contributed by atoms with Gasteiger partial charge in [-0.1, -0.05) is 0 Å². The molecule has 1 heterocycles. The van der Waals surface area contributed by atoms with Gasteiger partial charge in [-0.15, -0.1) is 0 Å². The Morgan fingerprint density at radius 1 is 1.33 bits per heavy atom. The SMILES string of the molecule is COCC1(C(=O)O)CCN(C(=O)COc2ccc(OC)c(C)c2)C1. The van der Waals surface area contributed by atoms with Crippen LogP contribution in [0.3, 0.4) is 0 Å². The number of nitrogens with zero attached hydrogens (tertiary/aromatic N) is 1. The van der Waals surface area contributed by atoms with E-state index in [9.17, 15) is 14.7 Å². The number of amides is 1. The third-order valence-corrected chi connectivity index (χ3v) is 4.31. The van der Waals surface area contributed by atoms with Crippen molar-refractivity contribution in [2.24, 2.45) is 5.41 Å². The van der Waals surface area contributed by atoms with Crippen LogP contribution in [0.2, 0.25) is 0 Å². The highest BCUT2D eigenvalue weighted by molar-refractivity contribution is 5.81. The fourth-order valence-electron chi connectivity index (χ4n) is 2.89. The summed E-state index contributed by atoms with van der Waals surface area (Å²) in [6.45, 7) is 2.37. The lowest BCUT2D eigenvalue weighted by molar-refractivity contribution is -0.151. The van der Waals surface area contributed by atoms with Crippen LogP contribution in [-0.2, 0) is 14.3 Å². The summed E-state index contributed by atoms with van der Waals surface area (Å²) >= 11 is 0. The second-order valence-corrected chi connectivity index (χ2v) is 6.00. The number of likely N-dealkylation sites (tertiary alicyclic amines) is 1. The number of carbonyl (C=O) groups is 2. The predicted octanol–water partition coefficient (Wildman–Crippen LogP) is 1.33. The maximum Gasteiger partial charge on any atom is 0.313 e. The van der Waals surface area contributed by atoms with Crippen LogP contribution in [0, 0.1) is 12.3 Å². The summed E-state index contributed by atoms with van der Waals surface area (Å²) in [6.07, 6.45) is 0.379. The number of methoxy groups -OCH3 is 2. The molecule has 1 aromatic carbocycles. The number of carbonyl (C=O) groups excluding carboxylic acids is 1. The monoisotopic (exact) mass is 337 g/mol. The molecule has 0 radical (unpaired) electrons. The molecular weight excluding hydrogens is 314 g/mol. The summed E-state index contributed by atoms with van der Waals surface area (Å²) in [7, 11) is 3.05. The first-order chi connectivity index (χ1) is 11.4. The van der Waals surface area contributed by atoms with Crippen LogP contribution >= 0.6 is 0 Å². The minimum atomic E-state index is -1.03. The van der Waals surface area contributed by atoms with E-state index in [1.54, 1.807) is 25.3 Å². The second-order valence-electron chi connectivity index (χ2n) is 6.00. The van der Waals surface area contributed by atoms with Crippen LogP contribution in [0.5, 0.6) is 11.5 Å². The van der Waals surface area contributed by atoms with Gasteiger partial charge in [0.05, 0.1) is 13.7 Å².